The second-order valence-electron chi connectivity index (χ2n) is 5.09. The van der Waals surface area contributed by atoms with Gasteiger partial charge in [0.05, 0.1) is 11.8 Å². The lowest BCUT2D eigenvalue weighted by molar-refractivity contribution is 0.0699. The molecule has 0 unspecified atom stereocenters. The lowest BCUT2D eigenvalue weighted by Gasteiger charge is -2.06. The largest absolute Gasteiger partial charge is 0.478 e. The molecule has 3 aromatic rings. The van der Waals surface area contributed by atoms with Crippen molar-refractivity contribution in [2.45, 2.75) is 0 Å². The Morgan fingerprint density at radius 3 is 2.56 bits per heavy atom. The Kier molecular flexibility index (Phi) is 4.94. The third-order valence-electron chi connectivity index (χ3n) is 3.50. The summed E-state index contributed by atoms with van der Waals surface area (Å²) in [4.78, 5) is 24.1. The molecule has 6 nitrogen and oxygen atoms in total. The number of carbonyl (C=O) groups is 2. The molecule has 0 radical (unpaired) electrons. The molecule has 0 spiro atoms. The van der Waals surface area contributed by atoms with Gasteiger partial charge in [0.25, 0.3) is 5.91 Å². The van der Waals surface area contributed by atoms with Crippen LogP contribution in [-0.4, -0.2) is 26.8 Å². The molecule has 0 aliphatic carbocycles. The Morgan fingerprint density at radius 2 is 2.00 bits per heavy atom. The number of amides is 1. The molecule has 128 valence electrons. The summed E-state index contributed by atoms with van der Waals surface area (Å²) < 4.78 is 2.25. The van der Waals surface area contributed by atoms with Crippen LogP contribution in [0.15, 0.2) is 40.3 Å². The lowest BCUT2D eigenvalue weighted by atomic mass is 10.0. The molecule has 2 N–H and O–H groups in total. The molecule has 0 bridgehead atoms. The molecule has 0 fully saturated rings. The Hall–Kier alpha value is -2.16. The summed E-state index contributed by atoms with van der Waals surface area (Å²) in [7, 11) is 1.61. The van der Waals surface area contributed by atoms with Gasteiger partial charge in [0, 0.05) is 22.5 Å². The van der Waals surface area contributed by atoms with Crippen LogP contribution in [0.2, 0.25) is 5.15 Å². The van der Waals surface area contributed by atoms with E-state index in [0.29, 0.717) is 5.56 Å². The van der Waals surface area contributed by atoms with Gasteiger partial charge in [-0.3, -0.25) is 9.48 Å². The van der Waals surface area contributed by atoms with Gasteiger partial charge in [0.2, 0.25) is 0 Å². The van der Waals surface area contributed by atoms with E-state index in [1.165, 1.54) is 10.9 Å². The van der Waals surface area contributed by atoms with E-state index in [9.17, 15) is 14.7 Å². The second-order valence-corrected chi connectivity index (χ2v) is 7.25. The van der Waals surface area contributed by atoms with Gasteiger partial charge in [-0.05, 0) is 17.7 Å². The fourth-order valence-electron chi connectivity index (χ4n) is 2.25. The number of hydrogen-bond donors (Lipinski definition) is 2. The van der Waals surface area contributed by atoms with Crippen LogP contribution in [0.5, 0.6) is 0 Å². The lowest BCUT2D eigenvalue weighted by Crippen LogP contribution is -2.13. The maximum Gasteiger partial charge on any atom is 0.339 e. The molecule has 0 atom stereocenters. The van der Waals surface area contributed by atoms with E-state index in [2.05, 4.69) is 26.3 Å². The standard InChI is InChI=1S/C16H11BrClN3O3S/c1-21-13(18)10(6-19-21)14(22)20-15-12(16(23)24)11(7-25-15)8-2-4-9(17)5-3-8/h2-7H,1H3,(H,20,22)(H,23,24). The number of aromatic carboxylic acids is 1. The molecule has 2 heterocycles. The average molecular weight is 441 g/mol. The molecule has 2 aromatic heterocycles. The first-order valence-corrected chi connectivity index (χ1v) is 9.03. The molecule has 0 aliphatic heterocycles. The highest BCUT2D eigenvalue weighted by Gasteiger charge is 2.23. The predicted molar refractivity (Wildman–Crippen MR) is 101 cm³/mol. The highest BCUT2D eigenvalue weighted by Crippen LogP contribution is 2.36. The van der Waals surface area contributed by atoms with Crippen LogP contribution in [0.25, 0.3) is 11.1 Å². The van der Waals surface area contributed by atoms with Gasteiger partial charge in [-0.2, -0.15) is 5.10 Å². The number of benzene rings is 1. The summed E-state index contributed by atoms with van der Waals surface area (Å²) in [6.45, 7) is 0. The van der Waals surface area contributed by atoms with Crippen LogP contribution < -0.4 is 5.32 Å². The maximum atomic E-state index is 12.4. The zero-order valence-corrected chi connectivity index (χ0v) is 15.9. The van der Waals surface area contributed by atoms with E-state index in [-0.39, 0.29) is 21.3 Å². The number of thiophene rings is 1. The highest BCUT2D eigenvalue weighted by atomic mass is 79.9. The van der Waals surface area contributed by atoms with Gasteiger partial charge in [-0.15, -0.1) is 11.3 Å². The molecule has 0 saturated carbocycles. The van der Waals surface area contributed by atoms with Gasteiger partial charge < -0.3 is 10.4 Å². The van der Waals surface area contributed by atoms with Crippen LogP contribution >= 0.6 is 38.9 Å². The van der Waals surface area contributed by atoms with Crippen molar-refractivity contribution >= 4 is 55.7 Å². The summed E-state index contributed by atoms with van der Waals surface area (Å²) >= 11 is 10.5. The van der Waals surface area contributed by atoms with Gasteiger partial charge >= 0.3 is 5.97 Å². The van der Waals surface area contributed by atoms with Gasteiger partial charge in [0.1, 0.15) is 15.7 Å². The van der Waals surface area contributed by atoms with Crippen molar-refractivity contribution in [2.75, 3.05) is 5.32 Å². The number of carboxylic acids is 1. The van der Waals surface area contributed by atoms with Crippen LogP contribution in [-0.2, 0) is 7.05 Å². The van der Waals surface area contributed by atoms with Crippen molar-refractivity contribution in [3.63, 3.8) is 0 Å². The van der Waals surface area contributed by atoms with E-state index in [0.717, 1.165) is 21.4 Å². The molecular formula is C16H11BrClN3O3S. The van der Waals surface area contributed by atoms with Crippen LogP contribution in [0.1, 0.15) is 20.7 Å². The average Bonchev–Trinajstić information content (AvgIpc) is 3.12. The molecule has 25 heavy (non-hydrogen) atoms. The number of nitrogens with zero attached hydrogens (tertiary/aromatic N) is 2. The quantitative estimate of drug-likeness (QED) is 0.625. The molecule has 3 rings (SSSR count). The monoisotopic (exact) mass is 439 g/mol. The van der Waals surface area contributed by atoms with Gasteiger partial charge in [-0.25, -0.2) is 4.79 Å². The third-order valence-corrected chi connectivity index (χ3v) is 5.37. The number of aromatic nitrogens is 2. The van der Waals surface area contributed by atoms with Crippen molar-refractivity contribution in [1.29, 1.82) is 0 Å². The Morgan fingerprint density at radius 1 is 1.32 bits per heavy atom. The number of halogens is 2. The number of nitrogens with one attached hydrogen (secondary N) is 1. The first-order chi connectivity index (χ1) is 11.9. The van der Waals surface area contributed by atoms with Crippen molar-refractivity contribution in [2.24, 2.45) is 7.05 Å². The topological polar surface area (TPSA) is 84.2 Å². The number of aryl methyl sites for hydroxylation is 1. The highest BCUT2D eigenvalue weighted by molar-refractivity contribution is 9.10. The van der Waals surface area contributed by atoms with E-state index in [4.69, 9.17) is 11.6 Å². The van der Waals surface area contributed by atoms with Crippen LogP contribution in [0.3, 0.4) is 0 Å². The summed E-state index contributed by atoms with van der Waals surface area (Å²) in [5, 5.41) is 18.2. The van der Waals surface area contributed by atoms with Crippen molar-refractivity contribution < 1.29 is 14.7 Å². The Balaban J connectivity index is 1.97. The first kappa shape index (κ1) is 17.7. The second kappa shape index (κ2) is 6.99. The van der Waals surface area contributed by atoms with Crippen molar-refractivity contribution in [3.05, 3.63) is 56.6 Å². The molecule has 9 heteroatoms. The minimum Gasteiger partial charge on any atom is -0.478 e. The van der Waals surface area contributed by atoms with E-state index in [1.54, 1.807) is 12.4 Å². The number of carboxylic acid groups (broad SMARTS) is 1. The fraction of sp³-hybridized carbons (Fsp3) is 0.0625. The van der Waals surface area contributed by atoms with E-state index < -0.39 is 11.9 Å². The molecule has 0 saturated heterocycles. The first-order valence-electron chi connectivity index (χ1n) is 6.98. The number of anilines is 1. The minimum absolute atomic E-state index is 0.0423. The number of carbonyl (C=O) groups excluding carboxylic acids is 1. The molecular weight excluding hydrogens is 430 g/mol. The van der Waals surface area contributed by atoms with Gasteiger partial charge in [0.15, 0.2) is 0 Å². The number of hydrogen-bond acceptors (Lipinski definition) is 4. The summed E-state index contributed by atoms with van der Waals surface area (Å²) in [6, 6.07) is 7.27. The molecule has 0 aliphatic rings. The van der Waals surface area contributed by atoms with Crippen molar-refractivity contribution in [1.82, 2.24) is 9.78 Å². The van der Waals surface area contributed by atoms with Crippen LogP contribution in [0.4, 0.5) is 5.00 Å². The van der Waals surface area contributed by atoms with E-state index >= 15 is 0 Å². The minimum atomic E-state index is -1.12. The van der Waals surface area contributed by atoms with E-state index in [1.807, 2.05) is 24.3 Å². The Labute approximate surface area is 160 Å². The fourth-order valence-corrected chi connectivity index (χ4v) is 3.65. The summed E-state index contributed by atoms with van der Waals surface area (Å²) in [5.74, 6) is -1.63. The zero-order chi connectivity index (χ0) is 18.1. The SMILES string of the molecule is Cn1ncc(C(=O)Nc2scc(-c3ccc(Br)cc3)c2C(=O)O)c1Cl. The maximum absolute atomic E-state index is 12.4. The van der Waals surface area contributed by atoms with Gasteiger partial charge in [-0.1, -0.05) is 39.7 Å². The normalized spacial score (nSPS) is 10.7. The zero-order valence-electron chi connectivity index (χ0n) is 12.8. The smallest absolute Gasteiger partial charge is 0.339 e. The summed E-state index contributed by atoms with van der Waals surface area (Å²) in [5.41, 5.74) is 1.51. The third kappa shape index (κ3) is 3.46. The molecule has 1 aromatic carbocycles. The summed E-state index contributed by atoms with van der Waals surface area (Å²) in [6.07, 6.45) is 1.33. The Bertz CT molecular complexity index is 966. The molecule has 1 amide bonds. The van der Waals surface area contributed by atoms with Crippen LogP contribution in [0, 0.1) is 0 Å². The van der Waals surface area contributed by atoms with Crippen molar-refractivity contribution in [3.8, 4) is 11.1 Å². The predicted octanol–water partition coefficient (Wildman–Crippen LogP) is 4.52. The number of rotatable bonds is 4.